The van der Waals surface area contributed by atoms with E-state index in [4.69, 9.17) is 10.5 Å². The van der Waals surface area contributed by atoms with Gasteiger partial charge in [0.15, 0.2) is 0 Å². The van der Waals surface area contributed by atoms with Crippen LogP contribution in [-0.4, -0.2) is 6.04 Å². The zero-order valence-corrected chi connectivity index (χ0v) is 9.44. The van der Waals surface area contributed by atoms with E-state index in [-0.39, 0.29) is 6.04 Å². The highest BCUT2D eigenvalue weighted by atomic mass is 16.5. The average Bonchev–Trinajstić information content (AvgIpc) is 2.26. The van der Waals surface area contributed by atoms with Crippen molar-refractivity contribution in [2.75, 3.05) is 0 Å². The molecule has 0 heterocycles. The predicted octanol–water partition coefficient (Wildman–Crippen LogP) is 2.70. The number of hydrogen-bond donors (Lipinski definition) is 1. The highest BCUT2D eigenvalue weighted by molar-refractivity contribution is 5.14. The van der Waals surface area contributed by atoms with Crippen LogP contribution < -0.4 is 5.73 Å². The van der Waals surface area contributed by atoms with Gasteiger partial charge in [-0.15, -0.1) is 0 Å². The Labute approximate surface area is 91.7 Å². The molecule has 2 N–H and O–H groups in total. The maximum absolute atomic E-state index is 5.90. The molecule has 0 radical (unpaired) electrons. The molecule has 1 aromatic rings. The maximum Gasteiger partial charge on any atom is 0.113 e. The summed E-state index contributed by atoms with van der Waals surface area (Å²) in [6.07, 6.45) is 0. The fourth-order valence-corrected chi connectivity index (χ4v) is 1.22. The smallest absolute Gasteiger partial charge is 0.113 e. The molecule has 82 valence electrons. The third-order valence-corrected chi connectivity index (χ3v) is 2.36. The van der Waals surface area contributed by atoms with Crippen LogP contribution in [0.5, 0.6) is 0 Å². The van der Waals surface area contributed by atoms with Crippen molar-refractivity contribution < 1.29 is 4.74 Å². The van der Waals surface area contributed by atoms with Crippen LogP contribution >= 0.6 is 0 Å². The molecule has 0 saturated carbocycles. The molecule has 0 aliphatic carbocycles. The van der Waals surface area contributed by atoms with E-state index in [0.717, 1.165) is 5.56 Å². The molecule has 1 rings (SSSR count). The molecular formula is C13H19NO. The Morgan fingerprint density at radius 3 is 2.47 bits per heavy atom. The first-order chi connectivity index (χ1) is 7.11. The summed E-state index contributed by atoms with van der Waals surface area (Å²) in [6, 6.07) is 9.92. The lowest BCUT2D eigenvalue weighted by molar-refractivity contribution is 0.172. The van der Waals surface area contributed by atoms with Gasteiger partial charge in [0, 0.05) is 0 Å². The van der Waals surface area contributed by atoms with E-state index < -0.39 is 0 Å². The van der Waals surface area contributed by atoms with Crippen molar-refractivity contribution >= 4 is 0 Å². The molecule has 0 aromatic heterocycles. The molecule has 0 spiro atoms. The summed E-state index contributed by atoms with van der Waals surface area (Å²) < 4.78 is 5.53. The predicted molar refractivity (Wildman–Crippen MR) is 63.2 cm³/mol. The Morgan fingerprint density at radius 2 is 1.93 bits per heavy atom. The van der Waals surface area contributed by atoms with Gasteiger partial charge in [-0.2, -0.15) is 0 Å². The fraction of sp³-hybridized carbons (Fsp3) is 0.385. The lowest BCUT2D eigenvalue weighted by Gasteiger charge is -2.19. The van der Waals surface area contributed by atoms with Crippen molar-refractivity contribution in [3.63, 3.8) is 0 Å². The van der Waals surface area contributed by atoms with Gasteiger partial charge in [-0.1, -0.05) is 50.8 Å². The van der Waals surface area contributed by atoms with Crippen molar-refractivity contribution in [1.82, 2.24) is 0 Å². The Hall–Kier alpha value is -1.28. The molecule has 0 bridgehead atoms. The van der Waals surface area contributed by atoms with Gasteiger partial charge in [0.1, 0.15) is 12.4 Å². The van der Waals surface area contributed by atoms with Crippen LogP contribution in [0.15, 0.2) is 42.7 Å². The number of nitrogens with two attached hydrogens (primary N) is 1. The third-order valence-electron chi connectivity index (χ3n) is 2.36. The van der Waals surface area contributed by atoms with Crippen molar-refractivity contribution in [2.45, 2.75) is 26.5 Å². The Morgan fingerprint density at radius 1 is 1.33 bits per heavy atom. The zero-order valence-electron chi connectivity index (χ0n) is 9.44. The first-order valence-corrected chi connectivity index (χ1v) is 5.22. The fourth-order valence-electron chi connectivity index (χ4n) is 1.22. The van der Waals surface area contributed by atoms with Crippen LogP contribution in [0.2, 0.25) is 0 Å². The van der Waals surface area contributed by atoms with Crippen LogP contribution in [0.3, 0.4) is 0 Å². The maximum atomic E-state index is 5.90. The molecule has 2 heteroatoms. The second-order valence-corrected chi connectivity index (χ2v) is 4.01. The minimum Gasteiger partial charge on any atom is -0.492 e. The Kier molecular flexibility index (Phi) is 4.37. The largest absolute Gasteiger partial charge is 0.492 e. The Bertz CT molecular complexity index is 306. The topological polar surface area (TPSA) is 35.2 Å². The quantitative estimate of drug-likeness (QED) is 0.750. The van der Waals surface area contributed by atoms with Gasteiger partial charge >= 0.3 is 0 Å². The third kappa shape index (κ3) is 3.76. The van der Waals surface area contributed by atoms with E-state index in [2.05, 4.69) is 20.4 Å². The summed E-state index contributed by atoms with van der Waals surface area (Å²) in [6.45, 7) is 8.50. The van der Waals surface area contributed by atoms with Gasteiger partial charge in [0.25, 0.3) is 0 Å². The number of benzene rings is 1. The standard InChI is InChI=1S/C13H19NO/c1-10(2)13(14)11(3)15-9-12-7-5-4-6-8-12/h4-8,10,13H,3,9,14H2,1-2H3/t13-/m1/s1. The molecule has 2 nitrogen and oxygen atoms in total. The first-order valence-electron chi connectivity index (χ1n) is 5.22. The highest BCUT2D eigenvalue weighted by Gasteiger charge is 2.12. The number of ether oxygens (including phenoxy) is 1. The normalized spacial score (nSPS) is 12.5. The number of hydrogen-bond acceptors (Lipinski definition) is 2. The summed E-state index contributed by atoms with van der Waals surface area (Å²) in [5, 5.41) is 0. The summed E-state index contributed by atoms with van der Waals surface area (Å²) in [7, 11) is 0. The van der Waals surface area contributed by atoms with E-state index in [9.17, 15) is 0 Å². The molecule has 0 aliphatic heterocycles. The van der Waals surface area contributed by atoms with Gasteiger partial charge in [0.05, 0.1) is 6.04 Å². The van der Waals surface area contributed by atoms with E-state index in [1.807, 2.05) is 30.3 Å². The molecule has 0 fully saturated rings. The van der Waals surface area contributed by atoms with Crippen LogP contribution in [0.1, 0.15) is 19.4 Å². The van der Waals surface area contributed by atoms with Crippen molar-refractivity contribution in [3.8, 4) is 0 Å². The second kappa shape index (κ2) is 5.56. The molecule has 0 saturated heterocycles. The molecule has 1 aromatic carbocycles. The SMILES string of the molecule is C=C(OCc1ccccc1)[C@H](N)C(C)C. The average molecular weight is 205 g/mol. The van der Waals surface area contributed by atoms with Crippen LogP contribution in [0.4, 0.5) is 0 Å². The van der Waals surface area contributed by atoms with Gasteiger partial charge < -0.3 is 10.5 Å². The lowest BCUT2D eigenvalue weighted by atomic mass is 10.0. The lowest BCUT2D eigenvalue weighted by Crippen LogP contribution is -2.29. The molecule has 0 unspecified atom stereocenters. The van der Waals surface area contributed by atoms with E-state index in [0.29, 0.717) is 18.3 Å². The summed E-state index contributed by atoms with van der Waals surface area (Å²) in [5.41, 5.74) is 7.03. The molecular weight excluding hydrogens is 186 g/mol. The van der Waals surface area contributed by atoms with Gasteiger partial charge in [-0.25, -0.2) is 0 Å². The zero-order chi connectivity index (χ0) is 11.3. The van der Waals surface area contributed by atoms with Crippen molar-refractivity contribution in [1.29, 1.82) is 0 Å². The molecule has 0 amide bonds. The summed E-state index contributed by atoms with van der Waals surface area (Å²) in [4.78, 5) is 0. The van der Waals surface area contributed by atoms with E-state index >= 15 is 0 Å². The highest BCUT2D eigenvalue weighted by Crippen LogP contribution is 2.11. The van der Waals surface area contributed by atoms with Crippen molar-refractivity contribution in [3.05, 3.63) is 48.2 Å². The van der Waals surface area contributed by atoms with Crippen molar-refractivity contribution in [2.24, 2.45) is 11.7 Å². The first kappa shape index (κ1) is 11.8. The molecule has 0 aliphatic rings. The molecule has 15 heavy (non-hydrogen) atoms. The van der Waals surface area contributed by atoms with E-state index in [1.54, 1.807) is 0 Å². The van der Waals surface area contributed by atoms with Gasteiger partial charge in [-0.05, 0) is 11.5 Å². The minimum atomic E-state index is -0.0892. The Balaban J connectivity index is 2.41. The minimum absolute atomic E-state index is 0.0892. The van der Waals surface area contributed by atoms with Crippen LogP contribution in [0, 0.1) is 5.92 Å². The summed E-state index contributed by atoms with van der Waals surface area (Å²) >= 11 is 0. The van der Waals surface area contributed by atoms with Crippen LogP contribution in [-0.2, 0) is 11.3 Å². The number of rotatable bonds is 5. The molecule has 1 atom stereocenters. The summed E-state index contributed by atoms with van der Waals surface area (Å²) in [5.74, 6) is 1.02. The van der Waals surface area contributed by atoms with Gasteiger partial charge in [0.2, 0.25) is 0 Å². The van der Waals surface area contributed by atoms with Crippen LogP contribution in [0.25, 0.3) is 0 Å². The second-order valence-electron chi connectivity index (χ2n) is 4.01. The monoisotopic (exact) mass is 205 g/mol. The van der Waals surface area contributed by atoms with E-state index in [1.165, 1.54) is 0 Å². The van der Waals surface area contributed by atoms with Gasteiger partial charge in [-0.3, -0.25) is 0 Å².